The Morgan fingerprint density at radius 3 is 2.84 bits per heavy atom. The fraction of sp³-hybridized carbons (Fsp3) is 0.444. The summed E-state index contributed by atoms with van der Waals surface area (Å²) in [7, 11) is -4.26. The van der Waals surface area contributed by atoms with E-state index in [0.29, 0.717) is 12.8 Å². The highest BCUT2D eigenvalue weighted by Crippen LogP contribution is 2.39. The van der Waals surface area contributed by atoms with E-state index in [4.69, 9.17) is 4.65 Å². The molecule has 1 aromatic rings. The number of phenols is 1. The molecule has 2 aliphatic rings. The van der Waals surface area contributed by atoms with Crippen LogP contribution in [0.15, 0.2) is 41.0 Å². The fourth-order valence-corrected chi connectivity index (χ4v) is 5.91. The van der Waals surface area contributed by atoms with Crippen molar-refractivity contribution in [3.05, 3.63) is 46.5 Å². The first-order valence-corrected chi connectivity index (χ1v) is 10.2. The van der Waals surface area contributed by atoms with Gasteiger partial charge in [0.15, 0.2) is 9.84 Å². The van der Waals surface area contributed by atoms with Gasteiger partial charge < -0.3 is 14.8 Å². The summed E-state index contributed by atoms with van der Waals surface area (Å²) in [5, 5.41) is 19.2. The molecule has 5 nitrogen and oxygen atoms in total. The smallest absolute Gasteiger partial charge is 0.456 e. The second-order valence-electron chi connectivity index (χ2n) is 6.93. The first-order chi connectivity index (χ1) is 11.8. The minimum atomic E-state index is -3.22. The summed E-state index contributed by atoms with van der Waals surface area (Å²) in [4.78, 5) is 0. The van der Waals surface area contributed by atoms with Crippen LogP contribution in [0, 0.1) is 0 Å². The van der Waals surface area contributed by atoms with Crippen LogP contribution in [0.5, 0.6) is 5.75 Å². The van der Waals surface area contributed by atoms with Gasteiger partial charge >= 0.3 is 7.12 Å². The topological polar surface area (TPSA) is 83.8 Å². The van der Waals surface area contributed by atoms with Gasteiger partial charge in [0.1, 0.15) is 5.75 Å². The predicted octanol–water partition coefficient (Wildman–Crippen LogP) is 2.57. The Morgan fingerprint density at radius 2 is 2.12 bits per heavy atom. The van der Waals surface area contributed by atoms with Crippen LogP contribution in [0.25, 0.3) is 6.08 Å². The molecule has 0 radical (unpaired) electrons. The molecule has 2 aliphatic heterocycles. The molecule has 2 heterocycles. The second kappa shape index (κ2) is 6.98. The first kappa shape index (κ1) is 18.2. The fourth-order valence-electron chi connectivity index (χ4n) is 3.74. The van der Waals surface area contributed by atoms with Crippen molar-refractivity contribution in [1.29, 1.82) is 0 Å². The number of benzene rings is 1. The van der Waals surface area contributed by atoms with Crippen LogP contribution in [-0.2, 0) is 14.5 Å². The van der Waals surface area contributed by atoms with Gasteiger partial charge in [-0.15, -0.1) is 0 Å². The van der Waals surface area contributed by atoms with Crippen molar-refractivity contribution in [2.75, 3.05) is 5.75 Å². The molecular weight excluding hydrogens is 339 g/mol. The standard InChI is InChI=1S/C18H23BO5S/c1-12(9-14-5-3-4-6-15(14)20)7-8-16-18-13(2)11-25(22,23)17(18)10-19(21)24-16/h3-6,9,16-17,20-21H,7-8,10-11H2,1-2H3/b12-9+/t16-,17+/m1/s1. The molecule has 0 amide bonds. The zero-order valence-electron chi connectivity index (χ0n) is 14.5. The van der Waals surface area contributed by atoms with Gasteiger partial charge in [0.2, 0.25) is 0 Å². The molecule has 134 valence electrons. The monoisotopic (exact) mass is 362 g/mol. The van der Waals surface area contributed by atoms with Crippen molar-refractivity contribution in [2.24, 2.45) is 0 Å². The number of hydrogen-bond donors (Lipinski definition) is 2. The lowest BCUT2D eigenvalue weighted by Crippen LogP contribution is -2.41. The third kappa shape index (κ3) is 3.83. The van der Waals surface area contributed by atoms with E-state index in [0.717, 1.165) is 22.3 Å². The summed E-state index contributed by atoms with van der Waals surface area (Å²) >= 11 is 0. The minimum absolute atomic E-state index is 0.0618. The van der Waals surface area contributed by atoms with Crippen LogP contribution in [0.1, 0.15) is 32.3 Å². The number of fused-ring (bicyclic) bond motifs is 1. The first-order valence-electron chi connectivity index (χ1n) is 8.47. The minimum Gasteiger partial charge on any atom is -0.507 e. The summed E-state index contributed by atoms with van der Waals surface area (Å²) in [5.41, 5.74) is 3.49. The molecule has 7 heteroatoms. The lowest BCUT2D eigenvalue weighted by molar-refractivity contribution is 0.170. The lowest BCUT2D eigenvalue weighted by atomic mass is 9.75. The Balaban J connectivity index is 1.74. The summed E-state index contributed by atoms with van der Waals surface area (Å²) in [6, 6.07) is 7.12. The molecule has 1 aromatic carbocycles. The second-order valence-corrected chi connectivity index (χ2v) is 9.12. The quantitative estimate of drug-likeness (QED) is 0.635. The molecule has 25 heavy (non-hydrogen) atoms. The highest BCUT2D eigenvalue weighted by molar-refractivity contribution is 7.92. The summed E-state index contributed by atoms with van der Waals surface area (Å²) in [6.45, 7) is 3.81. The largest absolute Gasteiger partial charge is 0.507 e. The van der Waals surface area contributed by atoms with Gasteiger partial charge in [0.25, 0.3) is 0 Å². The van der Waals surface area contributed by atoms with Gasteiger partial charge in [-0.2, -0.15) is 0 Å². The number of hydrogen-bond acceptors (Lipinski definition) is 5. The Kier molecular flexibility index (Phi) is 5.09. The molecule has 0 aromatic heterocycles. The SMILES string of the molecule is CC1=C2[C@@H](CC/C(C)=C/c3ccccc3O)OB(O)C[C@@H]2S(=O)(=O)C1. The van der Waals surface area contributed by atoms with Crippen molar-refractivity contribution in [1.82, 2.24) is 0 Å². The van der Waals surface area contributed by atoms with E-state index in [2.05, 4.69) is 0 Å². The molecule has 1 saturated heterocycles. The zero-order valence-corrected chi connectivity index (χ0v) is 15.3. The van der Waals surface area contributed by atoms with E-state index in [9.17, 15) is 18.5 Å². The highest BCUT2D eigenvalue weighted by atomic mass is 32.2. The van der Waals surface area contributed by atoms with Crippen LogP contribution in [0.2, 0.25) is 6.32 Å². The third-order valence-electron chi connectivity index (χ3n) is 4.91. The number of allylic oxidation sites excluding steroid dienone is 1. The van der Waals surface area contributed by atoms with Gasteiger partial charge in [0.05, 0.1) is 17.1 Å². The van der Waals surface area contributed by atoms with Crippen molar-refractivity contribution in [2.45, 2.75) is 44.4 Å². The molecule has 0 bridgehead atoms. The molecule has 2 N–H and O–H groups in total. The number of sulfone groups is 1. The molecule has 0 spiro atoms. The molecular formula is C18H23BO5S. The van der Waals surface area contributed by atoms with Gasteiger partial charge in [-0.3, -0.25) is 0 Å². The normalized spacial score (nSPS) is 26.0. The van der Waals surface area contributed by atoms with Crippen LogP contribution >= 0.6 is 0 Å². The Hall–Kier alpha value is -1.57. The maximum atomic E-state index is 12.3. The summed E-state index contributed by atoms with van der Waals surface area (Å²) < 4.78 is 30.2. The van der Waals surface area contributed by atoms with E-state index in [1.165, 1.54) is 0 Å². The van der Waals surface area contributed by atoms with E-state index < -0.39 is 22.2 Å². The van der Waals surface area contributed by atoms with Crippen LogP contribution in [0.3, 0.4) is 0 Å². The molecule has 2 atom stereocenters. The van der Waals surface area contributed by atoms with E-state index in [1.807, 2.05) is 32.1 Å². The van der Waals surface area contributed by atoms with Crippen molar-refractivity contribution < 1.29 is 23.2 Å². The highest BCUT2D eigenvalue weighted by Gasteiger charge is 2.47. The van der Waals surface area contributed by atoms with Crippen LogP contribution < -0.4 is 0 Å². The van der Waals surface area contributed by atoms with Crippen LogP contribution in [0.4, 0.5) is 0 Å². The van der Waals surface area contributed by atoms with Crippen LogP contribution in [-0.4, -0.2) is 42.8 Å². The van der Waals surface area contributed by atoms with Crippen molar-refractivity contribution in [3.8, 4) is 5.75 Å². The van der Waals surface area contributed by atoms with Crippen molar-refractivity contribution >= 4 is 23.0 Å². The Morgan fingerprint density at radius 1 is 1.40 bits per heavy atom. The Labute approximate surface area is 149 Å². The number of para-hydroxylation sites is 1. The van der Waals surface area contributed by atoms with Gasteiger partial charge in [-0.1, -0.05) is 35.4 Å². The molecule has 0 unspecified atom stereocenters. The zero-order chi connectivity index (χ0) is 18.2. The number of phenolic OH excluding ortho intramolecular Hbond substituents is 1. The summed E-state index contributed by atoms with van der Waals surface area (Å²) in [6.07, 6.45) is 2.96. The van der Waals surface area contributed by atoms with Gasteiger partial charge in [0, 0.05) is 11.9 Å². The lowest BCUT2D eigenvalue weighted by Gasteiger charge is -2.31. The molecule has 1 fully saturated rings. The number of aromatic hydroxyl groups is 1. The average molecular weight is 362 g/mol. The van der Waals surface area contributed by atoms with Gasteiger partial charge in [-0.05, 0) is 38.3 Å². The van der Waals surface area contributed by atoms with E-state index in [1.54, 1.807) is 12.1 Å². The third-order valence-corrected chi connectivity index (χ3v) is 7.06. The predicted molar refractivity (Wildman–Crippen MR) is 98.9 cm³/mol. The van der Waals surface area contributed by atoms with E-state index in [-0.39, 0.29) is 23.9 Å². The van der Waals surface area contributed by atoms with Crippen molar-refractivity contribution in [3.63, 3.8) is 0 Å². The summed E-state index contributed by atoms with van der Waals surface area (Å²) in [5.74, 6) is 0.290. The maximum absolute atomic E-state index is 12.3. The number of rotatable bonds is 4. The molecule has 0 aliphatic carbocycles. The molecule has 3 rings (SSSR count). The average Bonchev–Trinajstić information content (AvgIpc) is 2.76. The molecule has 0 saturated carbocycles. The Bertz CT molecular complexity index is 828. The van der Waals surface area contributed by atoms with Gasteiger partial charge in [-0.25, -0.2) is 8.42 Å². The van der Waals surface area contributed by atoms with E-state index >= 15 is 0 Å². The maximum Gasteiger partial charge on any atom is 0.456 e.